The molecule has 0 radical (unpaired) electrons. The van der Waals surface area contributed by atoms with Crippen molar-refractivity contribution in [2.75, 3.05) is 11.9 Å². The predicted molar refractivity (Wildman–Crippen MR) is 103 cm³/mol. The summed E-state index contributed by atoms with van der Waals surface area (Å²) < 4.78 is 5.82. The van der Waals surface area contributed by atoms with Crippen LogP contribution in [-0.4, -0.2) is 6.61 Å². The van der Waals surface area contributed by atoms with Crippen LogP contribution in [0.4, 0.5) is 5.69 Å². The predicted octanol–water partition coefficient (Wildman–Crippen LogP) is 6.32. The molecule has 2 nitrogen and oxygen atoms in total. The Bertz CT molecular complexity index is 877. The molecule has 0 aliphatic heterocycles. The van der Waals surface area contributed by atoms with Crippen molar-refractivity contribution < 1.29 is 4.74 Å². The first kappa shape index (κ1) is 16.7. The zero-order chi connectivity index (χ0) is 16.9. The lowest BCUT2D eigenvalue weighted by molar-refractivity contribution is 0.360. The van der Waals surface area contributed by atoms with Crippen LogP contribution in [0.5, 0.6) is 5.75 Å². The normalized spacial score (nSPS) is 10.6. The van der Waals surface area contributed by atoms with Crippen LogP contribution in [0.15, 0.2) is 67.3 Å². The van der Waals surface area contributed by atoms with Gasteiger partial charge in [-0.1, -0.05) is 66.2 Å². The third kappa shape index (κ3) is 3.66. The average molecular weight is 358 g/mol. The minimum absolute atomic E-state index is 0.470. The second kappa shape index (κ2) is 7.61. The first-order chi connectivity index (χ1) is 11.7. The van der Waals surface area contributed by atoms with Crippen LogP contribution in [0.2, 0.25) is 10.0 Å². The summed E-state index contributed by atoms with van der Waals surface area (Å²) in [6, 6.07) is 17.8. The molecule has 0 spiro atoms. The van der Waals surface area contributed by atoms with E-state index in [1.54, 1.807) is 12.1 Å². The van der Waals surface area contributed by atoms with Gasteiger partial charge in [-0.15, -0.1) is 0 Å². The van der Waals surface area contributed by atoms with Crippen molar-refractivity contribution in [2.24, 2.45) is 0 Å². The Kier molecular flexibility index (Phi) is 5.29. The first-order valence-electron chi connectivity index (χ1n) is 7.62. The number of nitrogens with one attached hydrogen (secondary N) is 1. The van der Waals surface area contributed by atoms with Crippen LogP contribution in [0.1, 0.15) is 5.56 Å². The highest BCUT2D eigenvalue weighted by Crippen LogP contribution is 2.30. The number of benzene rings is 3. The average Bonchev–Trinajstić information content (AvgIpc) is 2.61. The van der Waals surface area contributed by atoms with Gasteiger partial charge in [0.2, 0.25) is 0 Å². The van der Waals surface area contributed by atoms with Gasteiger partial charge >= 0.3 is 0 Å². The lowest BCUT2D eigenvalue weighted by Crippen LogP contribution is -2.04. The van der Waals surface area contributed by atoms with Gasteiger partial charge in [-0.3, -0.25) is 0 Å². The number of rotatable bonds is 6. The van der Waals surface area contributed by atoms with Gasteiger partial charge in [-0.2, -0.15) is 0 Å². The summed E-state index contributed by atoms with van der Waals surface area (Å²) in [5, 5.41) is 6.80. The Balaban J connectivity index is 1.93. The van der Waals surface area contributed by atoms with E-state index in [4.69, 9.17) is 27.9 Å². The Morgan fingerprint density at radius 1 is 1.00 bits per heavy atom. The van der Waals surface area contributed by atoms with Gasteiger partial charge in [-0.25, -0.2) is 0 Å². The Hall–Kier alpha value is -2.16. The number of fused-ring (bicyclic) bond motifs is 1. The molecule has 3 aromatic carbocycles. The molecule has 0 heterocycles. The Labute approximate surface area is 151 Å². The molecule has 1 N–H and O–H groups in total. The van der Waals surface area contributed by atoms with E-state index in [1.807, 2.05) is 30.3 Å². The zero-order valence-electron chi connectivity index (χ0n) is 13.1. The summed E-state index contributed by atoms with van der Waals surface area (Å²) in [7, 11) is 0. The summed E-state index contributed by atoms with van der Waals surface area (Å²) in [5.74, 6) is 0.848. The molecule has 24 heavy (non-hydrogen) atoms. The van der Waals surface area contributed by atoms with Crippen molar-refractivity contribution in [2.45, 2.75) is 6.54 Å². The maximum absolute atomic E-state index is 6.08. The van der Waals surface area contributed by atoms with Gasteiger partial charge in [0.1, 0.15) is 12.4 Å². The van der Waals surface area contributed by atoms with Gasteiger partial charge in [0.15, 0.2) is 0 Å². The van der Waals surface area contributed by atoms with Crippen LogP contribution < -0.4 is 10.1 Å². The molecule has 4 heteroatoms. The Morgan fingerprint density at radius 2 is 1.83 bits per heavy atom. The maximum Gasteiger partial charge on any atom is 0.125 e. The molecule has 0 amide bonds. The molecule has 0 aliphatic rings. The van der Waals surface area contributed by atoms with Gasteiger partial charge < -0.3 is 10.1 Å². The molecule has 0 aliphatic carbocycles. The van der Waals surface area contributed by atoms with E-state index in [9.17, 15) is 0 Å². The molecule has 0 atom stereocenters. The van der Waals surface area contributed by atoms with Gasteiger partial charge in [0.05, 0.1) is 10.0 Å². The molecular weight excluding hydrogens is 341 g/mol. The summed E-state index contributed by atoms with van der Waals surface area (Å²) in [5.41, 5.74) is 2.01. The molecule has 0 saturated carbocycles. The first-order valence-corrected chi connectivity index (χ1v) is 8.38. The highest BCUT2D eigenvalue weighted by Gasteiger charge is 2.09. The van der Waals surface area contributed by atoms with Gasteiger partial charge in [0.25, 0.3) is 0 Å². The second-order valence-corrected chi connectivity index (χ2v) is 6.16. The SMILES string of the molecule is C=CCOc1ccc2ccccc2c1CNc1ccc(Cl)c(Cl)c1. The Morgan fingerprint density at radius 3 is 2.62 bits per heavy atom. The van der Waals surface area contributed by atoms with Gasteiger partial charge in [-0.05, 0) is 35.0 Å². The number of anilines is 1. The van der Waals surface area contributed by atoms with E-state index in [1.165, 1.54) is 5.39 Å². The lowest BCUT2D eigenvalue weighted by atomic mass is 10.0. The lowest BCUT2D eigenvalue weighted by Gasteiger charge is -2.15. The van der Waals surface area contributed by atoms with Gasteiger partial charge in [0, 0.05) is 17.8 Å². The van der Waals surface area contributed by atoms with Crippen molar-refractivity contribution in [3.63, 3.8) is 0 Å². The van der Waals surface area contributed by atoms with Crippen LogP contribution in [-0.2, 0) is 6.54 Å². The third-order valence-corrected chi connectivity index (χ3v) is 4.48. The minimum atomic E-state index is 0.470. The highest BCUT2D eigenvalue weighted by molar-refractivity contribution is 6.42. The van der Waals surface area contributed by atoms with Crippen LogP contribution >= 0.6 is 23.2 Å². The summed E-state index contributed by atoms with van der Waals surface area (Å²) in [6.07, 6.45) is 1.74. The zero-order valence-corrected chi connectivity index (χ0v) is 14.6. The maximum atomic E-state index is 6.08. The topological polar surface area (TPSA) is 21.3 Å². The fraction of sp³-hybridized carbons (Fsp3) is 0.100. The molecule has 3 rings (SSSR count). The monoisotopic (exact) mass is 357 g/mol. The van der Waals surface area contributed by atoms with E-state index in [0.717, 1.165) is 22.4 Å². The minimum Gasteiger partial charge on any atom is -0.489 e. The smallest absolute Gasteiger partial charge is 0.125 e. The van der Waals surface area contributed by atoms with Crippen molar-refractivity contribution in [1.29, 1.82) is 0 Å². The van der Waals surface area contributed by atoms with Crippen LogP contribution in [0.3, 0.4) is 0 Å². The van der Waals surface area contributed by atoms with Crippen molar-refractivity contribution in [3.8, 4) is 5.75 Å². The van der Waals surface area contributed by atoms with Crippen molar-refractivity contribution >= 4 is 39.7 Å². The molecular formula is C20H17Cl2NO. The van der Waals surface area contributed by atoms with Crippen molar-refractivity contribution in [3.05, 3.63) is 82.9 Å². The number of ether oxygens (including phenoxy) is 1. The molecule has 0 saturated heterocycles. The summed E-state index contributed by atoms with van der Waals surface area (Å²) in [4.78, 5) is 0. The largest absolute Gasteiger partial charge is 0.489 e. The van der Waals surface area contributed by atoms with Crippen LogP contribution in [0.25, 0.3) is 10.8 Å². The van der Waals surface area contributed by atoms with E-state index >= 15 is 0 Å². The second-order valence-electron chi connectivity index (χ2n) is 5.35. The molecule has 0 aromatic heterocycles. The van der Waals surface area contributed by atoms with E-state index in [2.05, 4.69) is 30.1 Å². The molecule has 0 bridgehead atoms. The molecule has 0 fully saturated rings. The highest BCUT2D eigenvalue weighted by atomic mass is 35.5. The molecule has 3 aromatic rings. The van der Waals surface area contributed by atoms with E-state index in [-0.39, 0.29) is 0 Å². The fourth-order valence-corrected chi connectivity index (χ4v) is 2.88. The van der Waals surface area contributed by atoms with E-state index in [0.29, 0.717) is 23.2 Å². The van der Waals surface area contributed by atoms with E-state index < -0.39 is 0 Å². The molecule has 122 valence electrons. The number of hydrogen-bond acceptors (Lipinski definition) is 2. The fourth-order valence-electron chi connectivity index (χ4n) is 2.58. The summed E-state index contributed by atoms with van der Waals surface area (Å²) >= 11 is 12.1. The summed E-state index contributed by atoms with van der Waals surface area (Å²) in [6.45, 7) is 4.80. The van der Waals surface area contributed by atoms with Crippen LogP contribution in [0, 0.1) is 0 Å². The third-order valence-electron chi connectivity index (χ3n) is 3.74. The quantitative estimate of drug-likeness (QED) is 0.520. The van der Waals surface area contributed by atoms with Crippen molar-refractivity contribution in [1.82, 2.24) is 0 Å². The molecule has 0 unspecified atom stereocenters. The standard InChI is InChI=1S/C20H17Cl2NO/c1-2-11-24-20-10-7-14-5-3-4-6-16(14)17(20)13-23-15-8-9-18(21)19(22)12-15/h2-10,12,23H,1,11,13H2. The number of hydrogen-bond donors (Lipinski definition) is 1. The number of halogens is 2.